The van der Waals surface area contributed by atoms with Gasteiger partial charge in [-0.1, -0.05) is 11.6 Å². The normalized spacial score (nSPS) is 22.2. The maximum absolute atomic E-state index is 12.1. The van der Waals surface area contributed by atoms with E-state index >= 15 is 0 Å². The van der Waals surface area contributed by atoms with E-state index < -0.39 is 6.10 Å². The summed E-state index contributed by atoms with van der Waals surface area (Å²) in [7, 11) is 0. The molecule has 0 unspecified atom stereocenters. The number of imide groups is 1. The highest BCUT2D eigenvalue weighted by molar-refractivity contribution is 6.30. The molecule has 22 heavy (non-hydrogen) atoms. The Morgan fingerprint density at radius 3 is 2.73 bits per heavy atom. The van der Waals surface area contributed by atoms with Crippen molar-refractivity contribution < 1.29 is 19.4 Å². The van der Waals surface area contributed by atoms with Crippen LogP contribution in [0.5, 0.6) is 5.75 Å². The minimum atomic E-state index is -0.927. The standard InChI is InChI=1S/C15H17ClN2O4/c16-10-3-5-12(6-4-10)22-9-11(19)8-18-14(20)13-2-1-7-17(13)15(18)21/h3-6,11,13,19H,1-2,7-9H2/t11-,13+/m1/s1. The van der Waals surface area contributed by atoms with Crippen molar-refractivity contribution in [2.75, 3.05) is 19.7 Å². The van der Waals surface area contributed by atoms with Crippen LogP contribution in [-0.2, 0) is 4.79 Å². The van der Waals surface area contributed by atoms with Gasteiger partial charge in [-0.3, -0.25) is 9.69 Å². The lowest BCUT2D eigenvalue weighted by atomic mass is 10.2. The number of halogens is 1. The molecule has 7 heteroatoms. The first kappa shape index (κ1) is 15.1. The maximum Gasteiger partial charge on any atom is 0.327 e. The van der Waals surface area contributed by atoms with Crippen molar-refractivity contribution in [1.29, 1.82) is 0 Å². The predicted molar refractivity (Wildman–Crippen MR) is 79.8 cm³/mol. The minimum absolute atomic E-state index is 0.00333. The largest absolute Gasteiger partial charge is 0.491 e. The molecular weight excluding hydrogens is 308 g/mol. The number of carbonyl (C=O) groups is 2. The van der Waals surface area contributed by atoms with Gasteiger partial charge in [0.25, 0.3) is 5.91 Å². The Kier molecular flexibility index (Phi) is 4.22. The van der Waals surface area contributed by atoms with E-state index in [1.165, 1.54) is 0 Å². The van der Waals surface area contributed by atoms with Crippen molar-refractivity contribution in [1.82, 2.24) is 9.80 Å². The molecule has 2 fully saturated rings. The molecular formula is C15H17ClN2O4. The van der Waals surface area contributed by atoms with Crippen LogP contribution in [0, 0.1) is 0 Å². The molecule has 2 heterocycles. The second-order valence-corrected chi connectivity index (χ2v) is 5.94. The highest BCUT2D eigenvalue weighted by atomic mass is 35.5. The van der Waals surface area contributed by atoms with Gasteiger partial charge in [0.05, 0.1) is 6.54 Å². The molecule has 2 aliphatic rings. The summed E-state index contributed by atoms with van der Waals surface area (Å²) in [5, 5.41) is 10.6. The molecule has 2 aliphatic heterocycles. The Balaban J connectivity index is 1.53. The Labute approximate surface area is 133 Å². The zero-order valence-corrected chi connectivity index (χ0v) is 12.7. The van der Waals surface area contributed by atoms with E-state index in [2.05, 4.69) is 0 Å². The lowest BCUT2D eigenvalue weighted by Crippen LogP contribution is -2.41. The topological polar surface area (TPSA) is 70.1 Å². The fourth-order valence-electron chi connectivity index (χ4n) is 2.84. The van der Waals surface area contributed by atoms with Gasteiger partial charge in [0, 0.05) is 11.6 Å². The van der Waals surface area contributed by atoms with Crippen LogP contribution in [0.1, 0.15) is 12.8 Å². The number of urea groups is 1. The molecule has 118 valence electrons. The molecule has 0 bridgehead atoms. The molecule has 0 aliphatic carbocycles. The lowest BCUT2D eigenvalue weighted by molar-refractivity contribution is -0.129. The number of amides is 3. The van der Waals surface area contributed by atoms with Crippen molar-refractivity contribution in [3.63, 3.8) is 0 Å². The number of aliphatic hydroxyl groups is 1. The highest BCUT2D eigenvalue weighted by Crippen LogP contribution is 2.27. The van der Waals surface area contributed by atoms with Crippen LogP contribution < -0.4 is 4.74 Å². The molecule has 2 atom stereocenters. The zero-order valence-electron chi connectivity index (χ0n) is 11.9. The average Bonchev–Trinajstić information content (AvgIpc) is 3.07. The number of benzene rings is 1. The van der Waals surface area contributed by atoms with Crippen LogP contribution in [0.4, 0.5) is 4.79 Å². The number of fused-ring (bicyclic) bond motifs is 1. The quantitative estimate of drug-likeness (QED) is 0.833. The Bertz CT molecular complexity index is 555. The van der Waals surface area contributed by atoms with E-state index in [0.717, 1.165) is 11.3 Å². The van der Waals surface area contributed by atoms with Crippen LogP contribution in [0.3, 0.4) is 0 Å². The van der Waals surface area contributed by atoms with Gasteiger partial charge in [-0.2, -0.15) is 0 Å². The summed E-state index contributed by atoms with van der Waals surface area (Å²) >= 11 is 5.78. The predicted octanol–water partition coefficient (Wildman–Crippen LogP) is 1.51. The van der Waals surface area contributed by atoms with E-state index in [1.807, 2.05) is 0 Å². The van der Waals surface area contributed by atoms with E-state index in [0.29, 0.717) is 23.7 Å². The number of carbonyl (C=O) groups excluding carboxylic acids is 2. The van der Waals surface area contributed by atoms with Gasteiger partial charge in [0.15, 0.2) is 0 Å². The number of ether oxygens (including phenoxy) is 1. The highest BCUT2D eigenvalue weighted by Gasteiger charge is 2.47. The molecule has 6 nitrogen and oxygen atoms in total. The molecule has 1 aromatic rings. The maximum atomic E-state index is 12.1. The summed E-state index contributed by atoms with van der Waals surface area (Å²) in [4.78, 5) is 27.0. The van der Waals surface area contributed by atoms with Gasteiger partial charge < -0.3 is 14.7 Å². The molecule has 2 saturated heterocycles. The van der Waals surface area contributed by atoms with Gasteiger partial charge in [0.2, 0.25) is 0 Å². The van der Waals surface area contributed by atoms with Crippen molar-refractivity contribution in [3.05, 3.63) is 29.3 Å². The zero-order chi connectivity index (χ0) is 15.7. The van der Waals surface area contributed by atoms with Gasteiger partial charge in [-0.05, 0) is 37.1 Å². The Hall–Kier alpha value is -1.79. The van der Waals surface area contributed by atoms with Crippen molar-refractivity contribution in [2.24, 2.45) is 0 Å². The van der Waals surface area contributed by atoms with Gasteiger partial charge >= 0.3 is 6.03 Å². The Morgan fingerprint density at radius 1 is 1.32 bits per heavy atom. The average molecular weight is 325 g/mol. The Morgan fingerprint density at radius 2 is 2.05 bits per heavy atom. The van der Waals surface area contributed by atoms with Crippen molar-refractivity contribution >= 4 is 23.5 Å². The second kappa shape index (κ2) is 6.14. The van der Waals surface area contributed by atoms with Crippen molar-refractivity contribution in [3.8, 4) is 5.75 Å². The SMILES string of the molecule is O=C1[C@@H]2CCCN2C(=O)N1C[C@@H](O)COc1ccc(Cl)cc1. The van der Waals surface area contributed by atoms with Crippen LogP contribution in [0.15, 0.2) is 24.3 Å². The number of rotatable bonds is 5. The first-order valence-electron chi connectivity index (χ1n) is 7.24. The molecule has 0 saturated carbocycles. The van der Waals surface area contributed by atoms with Crippen LogP contribution in [-0.4, -0.2) is 58.7 Å². The fraction of sp³-hybridized carbons (Fsp3) is 0.467. The summed E-state index contributed by atoms with van der Waals surface area (Å²) in [6.45, 7) is 0.574. The van der Waals surface area contributed by atoms with Gasteiger partial charge in [-0.25, -0.2) is 4.79 Å². The lowest BCUT2D eigenvalue weighted by Gasteiger charge is -2.19. The summed E-state index contributed by atoms with van der Waals surface area (Å²) in [6.07, 6.45) is 0.639. The van der Waals surface area contributed by atoms with Crippen LogP contribution >= 0.6 is 11.6 Å². The number of aliphatic hydroxyl groups excluding tert-OH is 1. The second-order valence-electron chi connectivity index (χ2n) is 5.50. The molecule has 1 N–H and O–H groups in total. The van der Waals surface area contributed by atoms with E-state index in [1.54, 1.807) is 29.2 Å². The van der Waals surface area contributed by atoms with Gasteiger partial charge in [0.1, 0.15) is 24.5 Å². The molecule has 3 amide bonds. The summed E-state index contributed by atoms with van der Waals surface area (Å²) in [5.41, 5.74) is 0. The van der Waals surface area contributed by atoms with Crippen molar-refractivity contribution in [2.45, 2.75) is 25.0 Å². The van der Waals surface area contributed by atoms with E-state index in [9.17, 15) is 14.7 Å². The molecule has 1 aromatic carbocycles. The third-order valence-corrected chi connectivity index (χ3v) is 4.18. The summed E-state index contributed by atoms with van der Waals surface area (Å²) < 4.78 is 5.43. The van der Waals surface area contributed by atoms with E-state index in [-0.39, 0.29) is 31.1 Å². The number of hydrogen-bond donors (Lipinski definition) is 1. The van der Waals surface area contributed by atoms with Gasteiger partial charge in [-0.15, -0.1) is 0 Å². The molecule has 0 radical (unpaired) electrons. The van der Waals surface area contributed by atoms with E-state index in [4.69, 9.17) is 16.3 Å². The minimum Gasteiger partial charge on any atom is -0.491 e. The third-order valence-electron chi connectivity index (χ3n) is 3.93. The molecule has 0 spiro atoms. The number of hydrogen-bond acceptors (Lipinski definition) is 4. The summed E-state index contributed by atoms with van der Waals surface area (Å²) in [6, 6.07) is 6.11. The number of nitrogens with zero attached hydrogens (tertiary/aromatic N) is 2. The molecule has 3 rings (SSSR count). The van der Waals surface area contributed by atoms with Crippen LogP contribution in [0.2, 0.25) is 5.02 Å². The fourth-order valence-corrected chi connectivity index (χ4v) is 2.96. The first-order chi connectivity index (χ1) is 10.6. The monoisotopic (exact) mass is 324 g/mol. The van der Waals surface area contributed by atoms with Crippen LogP contribution in [0.25, 0.3) is 0 Å². The molecule has 0 aromatic heterocycles. The third kappa shape index (κ3) is 2.89. The summed E-state index contributed by atoms with van der Waals surface area (Å²) in [5.74, 6) is 0.358. The smallest absolute Gasteiger partial charge is 0.327 e. The first-order valence-corrected chi connectivity index (χ1v) is 7.62. The number of β-amino-alcohol motifs (C(OH)–C–C–N with tert-alkyl or cyclic N) is 1.